The van der Waals surface area contributed by atoms with Crippen molar-refractivity contribution < 1.29 is 9.84 Å². The molecule has 1 N–H and O–H groups in total. The fourth-order valence-corrected chi connectivity index (χ4v) is 2.18. The molecule has 0 saturated carbocycles. The zero-order valence-corrected chi connectivity index (χ0v) is 8.97. The average molecular weight is 216 g/mol. The molecule has 16 heavy (non-hydrogen) atoms. The monoisotopic (exact) mass is 216 g/mol. The molecule has 4 heteroatoms. The van der Waals surface area contributed by atoms with Gasteiger partial charge in [-0.3, -0.25) is 4.68 Å². The molecular weight excluding hydrogens is 204 g/mol. The molecule has 0 saturated heterocycles. The Morgan fingerprint density at radius 2 is 2.25 bits per heavy atom. The Bertz CT molecular complexity index is 546. The number of fused-ring (bicyclic) bond motifs is 3. The number of aryl methyl sites for hydroxylation is 1. The second-order valence-electron chi connectivity index (χ2n) is 3.84. The molecule has 0 aliphatic carbocycles. The fourth-order valence-electron chi connectivity index (χ4n) is 2.18. The summed E-state index contributed by atoms with van der Waals surface area (Å²) >= 11 is 0. The van der Waals surface area contributed by atoms with Gasteiger partial charge in [-0.05, 0) is 12.1 Å². The number of hydrogen-bond acceptors (Lipinski definition) is 3. The first kappa shape index (κ1) is 9.42. The molecule has 1 aromatic carbocycles. The van der Waals surface area contributed by atoms with Crippen molar-refractivity contribution in [1.82, 2.24) is 9.78 Å². The number of hydrogen-bond donors (Lipinski definition) is 1. The quantitative estimate of drug-likeness (QED) is 0.785. The number of rotatable bonds is 1. The van der Waals surface area contributed by atoms with E-state index >= 15 is 0 Å². The summed E-state index contributed by atoms with van der Waals surface area (Å²) in [6.45, 7) is 0.435. The van der Waals surface area contributed by atoms with Crippen molar-refractivity contribution in [1.29, 1.82) is 0 Å². The molecule has 0 amide bonds. The molecule has 82 valence electrons. The maximum atomic E-state index is 9.22. The number of aliphatic hydroxyl groups is 1. The van der Waals surface area contributed by atoms with Crippen LogP contribution in [-0.2, 0) is 20.3 Å². The first-order chi connectivity index (χ1) is 7.81. The van der Waals surface area contributed by atoms with Crippen LogP contribution in [0.2, 0.25) is 0 Å². The molecule has 3 rings (SSSR count). The third-order valence-electron chi connectivity index (χ3n) is 2.89. The maximum Gasteiger partial charge on any atom is 0.129 e. The van der Waals surface area contributed by atoms with Crippen molar-refractivity contribution >= 4 is 0 Å². The third-order valence-corrected chi connectivity index (χ3v) is 2.89. The van der Waals surface area contributed by atoms with Gasteiger partial charge in [0.05, 0.1) is 18.0 Å². The molecule has 0 atom stereocenters. The van der Waals surface area contributed by atoms with Gasteiger partial charge < -0.3 is 9.84 Å². The van der Waals surface area contributed by atoms with E-state index in [1.807, 2.05) is 36.0 Å². The number of para-hydroxylation sites is 1. The van der Waals surface area contributed by atoms with Crippen LogP contribution in [-0.4, -0.2) is 14.9 Å². The first-order valence-corrected chi connectivity index (χ1v) is 5.19. The standard InChI is InChI=1S/C12H12N2O2/c1-14-12-8-4-2-3-5-11(8)16-7-9(12)10(6-15)13-14/h2-5,15H,6-7H2,1H3. The predicted octanol–water partition coefficient (Wildman–Crippen LogP) is 1.47. The number of ether oxygens (including phenoxy) is 1. The smallest absolute Gasteiger partial charge is 0.129 e. The Kier molecular flexibility index (Phi) is 1.97. The van der Waals surface area contributed by atoms with Crippen LogP contribution in [0.4, 0.5) is 0 Å². The zero-order chi connectivity index (χ0) is 11.1. The van der Waals surface area contributed by atoms with E-state index in [2.05, 4.69) is 5.10 Å². The van der Waals surface area contributed by atoms with Crippen LogP contribution in [0.3, 0.4) is 0 Å². The minimum absolute atomic E-state index is 0.0469. The van der Waals surface area contributed by atoms with Crippen LogP contribution in [0.25, 0.3) is 11.3 Å². The summed E-state index contributed by atoms with van der Waals surface area (Å²) in [6, 6.07) is 7.89. The highest BCUT2D eigenvalue weighted by atomic mass is 16.5. The maximum absolute atomic E-state index is 9.22. The lowest BCUT2D eigenvalue weighted by molar-refractivity contribution is 0.264. The van der Waals surface area contributed by atoms with Gasteiger partial charge in [-0.2, -0.15) is 5.10 Å². The summed E-state index contributed by atoms with van der Waals surface area (Å²) in [5, 5.41) is 13.5. The number of aliphatic hydroxyl groups excluding tert-OH is 1. The van der Waals surface area contributed by atoms with E-state index in [4.69, 9.17) is 4.74 Å². The molecule has 1 aliphatic heterocycles. The average Bonchev–Trinajstić information content (AvgIpc) is 2.66. The van der Waals surface area contributed by atoms with Gasteiger partial charge in [0.15, 0.2) is 0 Å². The Morgan fingerprint density at radius 1 is 1.44 bits per heavy atom. The van der Waals surface area contributed by atoms with Crippen LogP contribution >= 0.6 is 0 Å². The molecule has 0 radical (unpaired) electrons. The molecule has 0 spiro atoms. The Labute approximate surface area is 93.1 Å². The summed E-state index contributed by atoms with van der Waals surface area (Å²) in [4.78, 5) is 0. The van der Waals surface area contributed by atoms with Gasteiger partial charge in [0.25, 0.3) is 0 Å². The van der Waals surface area contributed by atoms with E-state index in [0.29, 0.717) is 12.3 Å². The third kappa shape index (κ3) is 1.17. The van der Waals surface area contributed by atoms with Crippen molar-refractivity contribution in [3.05, 3.63) is 35.5 Å². The van der Waals surface area contributed by atoms with Gasteiger partial charge in [-0.1, -0.05) is 12.1 Å². The second-order valence-corrected chi connectivity index (χ2v) is 3.84. The molecular formula is C12H12N2O2. The van der Waals surface area contributed by atoms with Crippen LogP contribution in [0.1, 0.15) is 11.3 Å². The minimum atomic E-state index is -0.0469. The van der Waals surface area contributed by atoms with Crippen molar-refractivity contribution in [3.8, 4) is 17.0 Å². The van der Waals surface area contributed by atoms with E-state index in [-0.39, 0.29) is 6.61 Å². The number of nitrogens with zero attached hydrogens (tertiary/aromatic N) is 2. The topological polar surface area (TPSA) is 47.3 Å². The highest BCUT2D eigenvalue weighted by molar-refractivity contribution is 5.72. The van der Waals surface area contributed by atoms with Gasteiger partial charge in [0.2, 0.25) is 0 Å². The van der Waals surface area contributed by atoms with Gasteiger partial charge in [0.1, 0.15) is 12.4 Å². The van der Waals surface area contributed by atoms with Crippen molar-refractivity contribution in [2.75, 3.05) is 0 Å². The summed E-state index contributed by atoms with van der Waals surface area (Å²) in [6.07, 6.45) is 0. The van der Waals surface area contributed by atoms with Gasteiger partial charge in [-0.25, -0.2) is 0 Å². The highest BCUT2D eigenvalue weighted by Crippen LogP contribution is 2.38. The van der Waals surface area contributed by atoms with E-state index in [9.17, 15) is 5.11 Å². The van der Waals surface area contributed by atoms with Crippen molar-refractivity contribution in [3.63, 3.8) is 0 Å². The second kappa shape index (κ2) is 3.35. The van der Waals surface area contributed by atoms with Crippen LogP contribution in [0.15, 0.2) is 24.3 Å². The minimum Gasteiger partial charge on any atom is -0.488 e. The van der Waals surface area contributed by atoms with Crippen molar-refractivity contribution in [2.24, 2.45) is 7.05 Å². The van der Waals surface area contributed by atoms with E-state index < -0.39 is 0 Å². The lowest BCUT2D eigenvalue weighted by atomic mass is 10.0. The van der Waals surface area contributed by atoms with Crippen LogP contribution in [0, 0.1) is 0 Å². The van der Waals surface area contributed by atoms with E-state index in [1.165, 1.54) is 0 Å². The zero-order valence-electron chi connectivity index (χ0n) is 8.97. The van der Waals surface area contributed by atoms with Crippen molar-refractivity contribution in [2.45, 2.75) is 13.2 Å². The van der Waals surface area contributed by atoms with Gasteiger partial charge in [0, 0.05) is 18.2 Å². The fraction of sp³-hybridized carbons (Fsp3) is 0.250. The van der Waals surface area contributed by atoms with E-state index in [1.54, 1.807) is 0 Å². The molecule has 1 aromatic heterocycles. The van der Waals surface area contributed by atoms with E-state index in [0.717, 1.165) is 22.6 Å². The molecule has 2 aromatic rings. The Balaban J connectivity index is 2.28. The largest absolute Gasteiger partial charge is 0.488 e. The summed E-state index contributed by atoms with van der Waals surface area (Å²) in [7, 11) is 1.89. The molecule has 4 nitrogen and oxygen atoms in total. The molecule has 1 aliphatic rings. The summed E-state index contributed by atoms with van der Waals surface area (Å²) in [5.41, 5.74) is 3.78. The normalized spacial score (nSPS) is 12.9. The molecule has 0 fully saturated rings. The summed E-state index contributed by atoms with van der Waals surface area (Å²) < 4.78 is 7.45. The molecule has 2 heterocycles. The van der Waals surface area contributed by atoms with Crippen LogP contribution in [0.5, 0.6) is 5.75 Å². The first-order valence-electron chi connectivity index (χ1n) is 5.19. The van der Waals surface area contributed by atoms with Gasteiger partial charge in [-0.15, -0.1) is 0 Å². The molecule has 0 bridgehead atoms. The number of aromatic nitrogens is 2. The number of benzene rings is 1. The van der Waals surface area contributed by atoms with Gasteiger partial charge >= 0.3 is 0 Å². The van der Waals surface area contributed by atoms with Crippen LogP contribution < -0.4 is 4.74 Å². The predicted molar refractivity (Wildman–Crippen MR) is 58.9 cm³/mol. The lowest BCUT2D eigenvalue weighted by Crippen LogP contribution is -2.07. The SMILES string of the molecule is Cn1nc(CO)c2c1-c1ccccc1OC2. The Hall–Kier alpha value is -1.81. The Morgan fingerprint density at radius 3 is 3.06 bits per heavy atom. The molecule has 0 unspecified atom stereocenters. The highest BCUT2D eigenvalue weighted by Gasteiger charge is 2.24. The lowest BCUT2D eigenvalue weighted by Gasteiger charge is -2.18. The summed E-state index contributed by atoms with van der Waals surface area (Å²) in [5.74, 6) is 0.877.